The standard InChI is InChI=1S/C16H21NO4/c1-3-16(8-4-5-9-16)15(20)17-13-10-11(21-2)6-7-12(13)14(18)19/h6-7,10H,3-5,8-9H2,1-2H3,(H,17,20)(H,18,19). The molecule has 0 unspecified atom stereocenters. The third kappa shape index (κ3) is 3.01. The van der Waals surface area contributed by atoms with E-state index in [0.717, 1.165) is 32.1 Å². The molecule has 0 atom stereocenters. The molecule has 0 aromatic heterocycles. The number of rotatable bonds is 5. The number of anilines is 1. The van der Waals surface area contributed by atoms with E-state index in [1.807, 2.05) is 6.92 Å². The van der Waals surface area contributed by atoms with Crippen molar-refractivity contribution in [2.75, 3.05) is 12.4 Å². The average Bonchev–Trinajstić information content (AvgIpc) is 2.97. The number of aromatic carboxylic acids is 1. The lowest BCUT2D eigenvalue weighted by Gasteiger charge is -2.26. The molecule has 0 saturated heterocycles. The second-order valence-corrected chi connectivity index (χ2v) is 5.51. The van der Waals surface area contributed by atoms with Crippen LogP contribution >= 0.6 is 0 Å². The molecule has 1 amide bonds. The molecule has 1 fully saturated rings. The maximum Gasteiger partial charge on any atom is 0.337 e. The van der Waals surface area contributed by atoms with Gasteiger partial charge in [-0.05, 0) is 31.4 Å². The molecule has 0 radical (unpaired) electrons. The van der Waals surface area contributed by atoms with Crippen molar-refractivity contribution in [3.63, 3.8) is 0 Å². The summed E-state index contributed by atoms with van der Waals surface area (Å²) in [4.78, 5) is 23.9. The molecule has 0 aliphatic heterocycles. The van der Waals surface area contributed by atoms with Crippen molar-refractivity contribution >= 4 is 17.6 Å². The smallest absolute Gasteiger partial charge is 0.337 e. The molecule has 21 heavy (non-hydrogen) atoms. The lowest BCUT2D eigenvalue weighted by molar-refractivity contribution is -0.125. The van der Waals surface area contributed by atoms with Gasteiger partial charge in [0.1, 0.15) is 5.75 Å². The fourth-order valence-electron chi connectivity index (χ4n) is 2.99. The highest BCUT2D eigenvalue weighted by Crippen LogP contribution is 2.42. The molecule has 0 heterocycles. The van der Waals surface area contributed by atoms with Crippen molar-refractivity contribution in [2.45, 2.75) is 39.0 Å². The number of ether oxygens (including phenoxy) is 1. The molecule has 2 rings (SSSR count). The summed E-state index contributed by atoms with van der Waals surface area (Å²) in [7, 11) is 1.51. The Hall–Kier alpha value is -2.04. The topological polar surface area (TPSA) is 75.6 Å². The molecule has 5 nitrogen and oxygen atoms in total. The van der Waals surface area contributed by atoms with Crippen LogP contribution in [-0.2, 0) is 4.79 Å². The first-order chi connectivity index (χ1) is 10.0. The predicted octanol–water partition coefficient (Wildman–Crippen LogP) is 3.30. The molecule has 0 bridgehead atoms. The zero-order valence-electron chi connectivity index (χ0n) is 12.4. The number of benzene rings is 1. The highest BCUT2D eigenvalue weighted by atomic mass is 16.5. The Morgan fingerprint density at radius 2 is 2.00 bits per heavy atom. The molecule has 114 valence electrons. The van der Waals surface area contributed by atoms with Crippen LogP contribution in [0.1, 0.15) is 49.4 Å². The summed E-state index contributed by atoms with van der Waals surface area (Å²) < 4.78 is 5.10. The Balaban J connectivity index is 2.29. The van der Waals surface area contributed by atoms with Crippen LogP contribution in [0.2, 0.25) is 0 Å². The number of nitrogens with one attached hydrogen (secondary N) is 1. The van der Waals surface area contributed by atoms with E-state index in [1.54, 1.807) is 12.1 Å². The lowest BCUT2D eigenvalue weighted by Crippen LogP contribution is -2.33. The van der Waals surface area contributed by atoms with E-state index in [9.17, 15) is 14.7 Å². The van der Waals surface area contributed by atoms with Crippen LogP contribution in [0.15, 0.2) is 18.2 Å². The van der Waals surface area contributed by atoms with Gasteiger partial charge in [-0.25, -0.2) is 4.79 Å². The first-order valence-corrected chi connectivity index (χ1v) is 7.25. The van der Waals surface area contributed by atoms with Crippen molar-refractivity contribution in [2.24, 2.45) is 5.41 Å². The van der Waals surface area contributed by atoms with Gasteiger partial charge in [0.25, 0.3) is 0 Å². The van der Waals surface area contributed by atoms with Crippen LogP contribution in [0.3, 0.4) is 0 Å². The fourth-order valence-corrected chi connectivity index (χ4v) is 2.99. The van der Waals surface area contributed by atoms with Gasteiger partial charge in [-0.3, -0.25) is 4.79 Å². The summed E-state index contributed by atoms with van der Waals surface area (Å²) in [5, 5.41) is 12.0. The van der Waals surface area contributed by atoms with E-state index in [0.29, 0.717) is 11.4 Å². The van der Waals surface area contributed by atoms with Crippen LogP contribution in [0, 0.1) is 5.41 Å². The molecule has 1 aliphatic carbocycles. The number of carboxylic acid groups (broad SMARTS) is 1. The number of hydrogen-bond donors (Lipinski definition) is 2. The number of methoxy groups -OCH3 is 1. The van der Waals surface area contributed by atoms with Crippen LogP contribution < -0.4 is 10.1 Å². The zero-order valence-corrected chi connectivity index (χ0v) is 12.4. The number of carbonyl (C=O) groups is 2. The molecule has 2 N–H and O–H groups in total. The SMILES string of the molecule is CCC1(C(=O)Nc2cc(OC)ccc2C(=O)O)CCCC1. The van der Waals surface area contributed by atoms with Crippen molar-refractivity contribution in [3.05, 3.63) is 23.8 Å². The first kappa shape index (κ1) is 15.4. The lowest BCUT2D eigenvalue weighted by atomic mass is 9.82. The first-order valence-electron chi connectivity index (χ1n) is 7.25. The molecule has 1 aromatic rings. The maximum absolute atomic E-state index is 12.6. The minimum absolute atomic E-state index is 0.0772. The second kappa shape index (κ2) is 6.16. The van der Waals surface area contributed by atoms with Crippen molar-refractivity contribution in [3.8, 4) is 5.75 Å². The Kier molecular flexibility index (Phi) is 4.50. The minimum atomic E-state index is -1.06. The maximum atomic E-state index is 12.6. The monoisotopic (exact) mass is 291 g/mol. The van der Waals surface area contributed by atoms with Gasteiger partial charge in [0, 0.05) is 11.5 Å². The Labute approximate surface area is 124 Å². The third-order valence-corrected chi connectivity index (χ3v) is 4.42. The molecule has 1 aliphatic rings. The second-order valence-electron chi connectivity index (χ2n) is 5.51. The summed E-state index contributed by atoms with van der Waals surface area (Å²) in [6, 6.07) is 4.58. The number of amides is 1. The van der Waals surface area contributed by atoms with Crippen LogP contribution in [0.5, 0.6) is 5.75 Å². The zero-order chi connectivity index (χ0) is 15.5. The predicted molar refractivity (Wildman–Crippen MR) is 79.8 cm³/mol. The average molecular weight is 291 g/mol. The van der Waals surface area contributed by atoms with Crippen molar-refractivity contribution in [1.82, 2.24) is 0 Å². The number of carboxylic acids is 1. The van der Waals surface area contributed by atoms with E-state index in [-0.39, 0.29) is 16.9 Å². The molecular formula is C16H21NO4. The van der Waals surface area contributed by atoms with Gasteiger partial charge >= 0.3 is 5.97 Å². The van der Waals surface area contributed by atoms with Crippen molar-refractivity contribution in [1.29, 1.82) is 0 Å². The Bertz CT molecular complexity index is 547. The van der Waals surface area contributed by atoms with Gasteiger partial charge < -0.3 is 15.2 Å². The molecule has 1 saturated carbocycles. The van der Waals surface area contributed by atoms with Crippen molar-refractivity contribution < 1.29 is 19.4 Å². The third-order valence-electron chi connectivity index (χ3n) is 4.42. The van der Waals surface area contributed by atoms with E-state index in [4.69, 9.17) is 4.74 Å². The van der Waals surface area contributed by atoms with Gasteiger partial charge in [-0.2, -0.15) is 0 Å². The van der Waals surface area contributed by atoms with E-state index in [1.165, 1.54) is 13.2 Å². The van der Waals surface area contributed by atoms with Gasteiger partial charge in [-0.15, -0.1) is 0 Å². The largest absolute Gasteiger partial charge is 0.497 e. The quantitative estimate of drug-likeness (QED) is 0.872. The summed E-state index contributed by atoms with van der Waals surface area (Å²) in [6.07, 6.45) is 4.59. The van der Waals surface area contributed by atoms with Crippen LogP contribution in [0.25, 0.3) is 0 Å². The number of hydrogen-bond acceptors (Lipinski definition) is 3. The summed E-state index contributed by atoms with van der Waals surface area (Å²) >= 11 is 0. The van der Waals surface area contributed by atoms with Crippen LogP contribution in [-0.4, -0.2) is 24.1 Å². The van der Waals surface area contributed by atoms with Gasteiger partial charge in [-0.1, -0.05) is 19.8 Å². The summed E-state index contributed by atoms with van der Waals surface area (Å²) in [6.45, 7) is 2.01. The minimum Gasteiger partial charge on any atom is -0.497 e. The molecule has 0 spiro atoms. The molecule has 5 heteroatoms. The van der Waals surface area contributed by atoms with E-state index < -0.39 is 5.97 Å². The fraction of sp³-hybridized carbons (Fsp3) is 0.500. The normalized spacial score (nSPS) is 16.5. The van der Waals surface area contributed by atoms with E-state index in [2.05, 4.69) is 5.32 Å². The molecular weight excluding hydrogens is 270 g/mol. The highest BCUT2D eigenvalue weighted by molar-refractivity contribution is 6.02. The van der Waals surface area contributed by atoms with E-state index >= 15 is 0 Å². The van der Waals surface area contributed by atoms with Gasteiger partial charge in [0.05, 0.1) is 18.4 Å². The summed E-state index contributed by atoms with van der Waals surface area (Å²) in [5.41, 5.74) is 0.0127. The highest BCUT2D eigenvalue weighted by Gasteiger charge is 2.39. The Morgan fingerprint density at radius 1 is 1.33 bits per heavy atom. The van der Waals surface area contributed by atoms with Crippen LogP contribution in [0.4, 0.5) is 5.69 Å². The van der Waals surface area contributed by atoms with Gasteiger partial charge in [0.2, 0.25) is 5.91 Å². The van der Waals surface area contributed by atoms with Gasteiger partial charge in [0.15, 0.2) is 0 Å². The number of carbonyl (C=O) groups excluding carboxylic acids is 1. The summed E-state index contributed by atoms with van der Waals surface area (Å²) in [5.74, 6) is -0.629. The molecule has 1 aromatic carbocycles. The Morgan fingerprint density at radius 3 is 2.52 bits per heavy atom.